The molecule has 0 radical (unpaired) electrons. The van der Waals surface area contributed by atoms with Gasteiger partial charge in [-0.15, -0.1) is 11.3 Å². The summed E-state index contributed by atoms with van der Waals surface area (Å²) >= 11 is 1.90. The van der Waals surface area contributed by atoms with Crippen LogP contribution in [-0.2, 0) is 5.41 Å². The van der Waals surface area contributed by atoms with Crippen molar-refractivity contribution in [1.29, 1.82) is 0 Å². The average Bonchev–Trinajstić information content (AvgIpc) is 3.76. The normalized spacial score (nSPS) is 14.7. The highest BCUT2D eigenvalue weighted by Gasteiger charge is 2.50. The van der Waals surface area contributed by atoms with E-state index in [0.717, 1.165) is 17.1 Å². The van der Waals surface area contributed by atoms with E-state index in [1.54, 1.807) is 0 Å². The Bertz CT molecular complexity index is 3190. The third kappa shape index (κ3) is 4.62. The summed E-state index contributed by atoms with van der Waals surface area (Å²) in [5, 5.41) is 2.64. The molecule has 57 heavy (non-hydrogen) atoms. The lowest BCUT2D eigenvalue weighted by molar-refractivity contribution is 0.776. The smallest absolute Gasteiger partial charge is 0.0726 e. The highest BCUT2D eigenvalue weighted by Crippen LogP contribution is 2.63. The quantitative estimate of drug-likeness (QED) is 0.174. The number of para-hydroxylation sites is 2. The highest BCUT2D eigenvalue weighted by molar-refractivity contribution is 7.25. The van der Waals surface area contributed by atoms with Crippen molar-refractivity contribution < 1.29 is 0 Å². The lowest BCUT2D eigenvalue weighted by Gasteiger charge is -2.36. The molecule has 1 heterocycles. The predicted octanol–water partition coefficient (Wildman–Crippen LogP) is 15.2. The van der Waals surface area contributed by atoms with E-state index in [0.29, 0.717) is 0 Å². The predicted molar refractivity (Wildman–Crippen MR) is 241 cm³/mol. The standard InChI is InChI=1S/C55H35NS/c1-3-17-36(18-4-1)39-21-11-15-29-52(39)56(37-19-5-2-6-20-37)38-31-32-44-41-23-8-7-22-40(41)42-24-9-13-27-48(42)55(50(44)33-38)49-28-14-10-25-43(49)46-35-54-47(34-51(46)55)45-26-12-16-30-53(45)57-54/h1-35H. The van der Waals surface area contributed by atoms with E-state index in [1.165, 1.54) is 86.9 Å². The van der Waals surface area contributed by atoms with Crippen LogP contribution in [0.15, 0.2) is 212 Å². The number of anilines is 3. The zero-order valence-corrected chi connectivity index (χ0v) is 31.9. The summed E-state index contributed by atoms with van der Waals surface area (Å²) in [6.07, 6.45) is 0. The first-order valence-corrected chi connectivity index (χ1v) is 20.5. The fraction of sp³-hybridized carbons (Fsp3) is 0.0182. The summed E-state index contributed by atoms with van der Waals surface area (Å²) in [6.45, 7) is 0. The molecular weight excluding hydrogens is 707 g/mol. The van der Waals surface area contributed by atoms with Crippen molar-refractivity contribution in [3.63, 3.8) is 0 Å². The van der Waals surface area contributed by atoms with Crippen LogP contribution in [0, 0.1) is 0 Å². The molecule has 0 saturated heterocycles. The highest BCUT2D eigenvalue weighted by atomic mass is 32.1. The SMILES string of the molecule is c1ccc(-c2ccccc2N(c2ccccc2)c2ccc3c(c2)C2(c4ccccc4-c4ccccc4-3)c3ccccc3-c3cc4sc5ccccc5c4cc32)cc1. The first-order chi connectivity index (χ1) is 28.3. The number of fused-ring (bicyclic) bond motifs is 15. The Morgan fingerprint density at radius 1 is 0.316 bits per heavy atom. The second-order valence-electron chi connectivity index (χ2n) is 15.2. The molecule has 266 valence electrons. The van der Waals surface area contributed by atoms with E-state index in [2.05, 4.69) is 217 Å². The van der Waals surface area contributed by atoms with Crippen LogP contribution in [0.2, 0.25) is 0 Å². The molecule has 0 fully saturated rings. The summed E-state index contributed by atoms with van der Waals surface area (Å²) in [4.78, 5) is 2.45. The van der Waals surface area contributed by atoms with E-state index >= 15 is 0 Å². The van der Waals surface area contributed by atoms with E-state index in [4.69, 9.17) is 0 Å². The van der Waals surface area contributed by atoms with Gasteiger partial charge in [0.25, 0.3) is 0 Å². The van der Waals surface area contributed by atoms with Crippen molar-refractivity contribution in [1.82, 2.24) is 0 Å². The minimum atomic E-state index is -0.606. The molecule has 1 unspecified atom stereocenters. The molecule has 1 aromatic heterocycles. The van der Waals surface area contributed by atoms with E-state index < -0.39 is 5.41 Å². The lowest BCUT2D eigenvalue weighted by atomic mass is 9.65. The number of thiophene rings is 1. The second-order valence-corrected chi connectivity index (χ2v) is 16.2. The van der Waals surface area contributed by atoms with Crippen LogP contribution in [0.3, 0.4) is 0 Å². The minimum absolute atomic E-state index is 0.606. The molecule has 1 atom stereocenters. The van der Waals surface area contributed by atoms with Crippen molar-refractivity contribution in [2.45, 2.75) is 5.41 Å². The van der Waals surface area contributed by atoms with Gasteiger partial charge >= 0.3 is 0 Å². The van der Waals surface area contributed by atoms with Gasteiger partial charge in [-0.2, -0.15) is 0 Å². The molecule has 0 bridgehead atoms. The molecular formula is C55H35NS. The molecule has 12 rings (SSSR count). The monoisotopic (exact) mass is 741 g/mol. The molecule has 0 saturated carbocycles. The Morgan fingerprint density at radius 3 is 1.60 bits per heavy atom. The molecule has 9 aromatic carbocycles. The lowest BCUT2D eigenvalue weighted by Crippen LogP contribution is -2.29. The largest absolute Gasteiger partial charge is 0.310 e. The molecule has 0 N–H and O–H groups in total. The fourth-order valence-electron chi connectivity index (χ4n) is 9.97. The number of hydrogen-bond donors (Lipinski definition) is 0. The summed E-state index contributed by atoms with van der Waals surface area (Å²) < 4.78 is 2.65. The van der Waals surface area contributed by atoms with Crippen molar-refractivity contribution in [2.75, 3.05) is 4.90 Å². The number of hydrogen-bond acceptors (Lipinski definition) is 2. The van der Waals surface area contributed by atoms with Crippen LogP contribution in [0.4, 0.5) is 17.1 Å². The van der Waals surface area contributed by atoms with Gasteiger partial charge in [-0.05, 0) is 110 Å². The number of rotatable bonds is 4. The Balaban J connectivity index is 1.23. The molecule has 10 aromatic rings. The van der Waals surface area contributed by atoms with Crippen LogP contribution in [0.25, 0.3) is 64.7 Å². The zero-order chi connectivity index (χ0) is 37.5. The Morgan fingerprint density at radius 2 is 0.860 bits per heavy atom. The van der Waals surface area contributed by atoms with Gasteiger partial charge < -0.3 is 4.90 Å². The summed E-state index contributed by atoms with van der Waals surface area (Å²) in [5.74, 6) is 0. The Labute approximate surface area is 336 Å². The van der Waals surface area contributed by atoms with Gasteiger partial charge in [0, 0.05) is 37.1 Å². The van der Waals surface area contributed by atoms with Crippen LogP contribution >= 0.6 is 11.3 Å². The van der Waals surface area contributed by atoms with Gasteiger partial charge in [0.15, 0.2) is 0 Å². The summed E-state index contributed by atoms with van der Waals surface area (Å²) in [5.41, 5.74) is 18.1. The molecule has 0 aliphatic heterocycles. The van der Waals surface area contributed by atoms with Crippen molar-refractivity contribution in [3.05, 3.63) is 235 Å². The van der Waals surface area contributed by atoms with E-state index in [9.17, 15) is 0 Å². The van der Waals surface area contributed by atoms with Crippen molar-refractivity contribution in [2.24, 2.45) is 0 Å². The van der Waals surface area contributed by atoms with Crippen LogP contribution < -0.4 is 4.90 Å². The molecule has 2 aliphatic rings. The number of benzene rings is 9. The third-order valence-corrected chi connectivity index (χ3v) is 13.4. The molecule has 1 spiro atoms. The first-order valence-electron chi connectivity index (χ1n) is 19.7. The third-order valence-electron chi connectivity index (χ3n) is 12.3. The van der Waals surface area contributed by atoms with Crippen LogP contribution in [0.1, 0.15) is 22.3 Å². The topological polar surface area (TPSA) is 3.24 Å². The van der Waals surface area contributed by atoms with Gasteiger partial charge in [0.2, 0.25) is 0 Å². The maximum absolute atomic E-state index is 2.55. The minimum Gasteiger partial charge on any atom is -0.310 e. The zero-order valence-electron chi connectivity index (χ0n) is 31.1. The van der Waals surface area contributed by atoms with Crippen LogP contribution in [0.5, 0.6) is 0 Å². The van der Waals surface area contributed by atoms with Gasteiger partial charge in [-0.25, -0.2) is 0 Å². The summed E-state index contributed by atoms with van der Waals surface area (Å²) in [6, 6.07) is 79.0. The van der Waals surface area contributed by atoms with Crippen molar-refractivity contribution >= 4 is 48.6 Å². The van der Waals surface area contributed by atoms with Crippen molar-refractivity contribution in [3.8, 4) is 44.5 Å². The molecule has 2 heteroatoms. The molecule has 2 aliphatic carbocycles. The number of nitrogens with zero attached hydrogens (tertiary/aromatic N) is 1. The second kappa shape index (κ2) is 12.5. The Kier molecular flexibility index (Phi) is 7.08. The molecule has 1 nitrogen and oxygen atoms in total. The van der Waals surface area contributed by atoms with E-state index in [1.807, 2.05) is 11.3 Å². The van der Waals surface area contributed by atoms with Gasteiger partial charge in [0.1, 0.15) is 0 Å². The fourth-order valence-corrected chi connectivity index (χ4v) is 11.1. The first kappa shape index (κ1) is 32.3. The van der Waals surface area contributed by atoms with Gasteiger partial charge in [-0.3, -0.25) is 0 Å². The summed E-state index contributed by atoms with van der Waals surface area (Å²) in [7, 11) is 0. The van der Waals surface area contributed by atoms with Gasteiger partial charge in [-0.1, -0.05) is 164 Å². The maximum atomic E-state index is 2.55. The van der Waals surface area contributed by atoms with Gasteiger partial charge in [0.05, 0.1) is 11.1 Å². The molecule has 0 amide bonds. The maximum Gasteiger partial charge on any atom is 0.0726 e. The van der Waals surface area contributed by atoms with E-state index in [-0.39, 0.29) is 0 Å². The Hall–Kier alpha value is -7.00. The van der Waals surface area contributed by atoms with Crippen LogP contribution in [-0.4, -0.2) is 0 Å². The average molecular weight is 742 g/mol.